The van der Waals surface area contributed by atoms with Crippen LogP contribution in [0, 0.1) is 5.82 Å². The maximum atomic E-state index is 13.0. The van der Waals surface area contributed by atoms with Crippen LogP contribution in [0.2, 0.25) is 0 Å². The van der Waals surface area contributed by atoms with Crippen LogP contribution < -0.4 is 10.1 Å². The average molecular weight is 265 g/mol. The monoisotopic (exact) mass is 265 g/mol. The average Bonchev–Trinajstić information content (AvgIpc) is 3.14. The molecule has 2 rings (SSSR count). The summed E-state index contributed by atoms with van der Waals surface area (Å²) in [7, 11) is 0. The topological polar surface area (TPSA) is 55.4 Å². The molecule has 0 spiro atoms. The van der Waals surface area contributed by atoms with Gasteiger partial charge in [0, 0.05) is 6.04 Å². The summed E-state index contributed by atoms with van der Waals surface area (Å²) in [5.41, 5.74) is 0.197. The number of carbonyl (C=O) groups excluding carboxylic acids is 2. The lowest BCUT2D eigenvalue weighted by atomic mass is 10.1. The fraction of sp³-hybridized carbons (Fsp3) is 0.429. The van der Waals surface area contributed by atoms with Crippen molar-refractivity contribution in [1.29, 1.82) is 0 Å². The summed E-state index contributed by atoms with van der Waals surface area (Å²) in [4.78, 5) is 22.8. The van der Waals surface area contributed by atoms with E-state index in [9.17, 15) is 14.0 Å². The number of nitrogens with one attached hydrogen (secondary N) is 1. The third-order valence-corrected chi connectivity index (χ3v) is 2.85. The van der Waals surface area contributed by atoms with Gasteiger partial charge in [-0.1, -0.05) is 0 Å². The first-order valence-corrected chi connectivity index (χ1v) is 6.29. The summed E-state index contributed by atoms with van der Waals surface area (Å²) in [6, 6.07) is 4.10. The molecule has 0 aliphatic heterocycles. The van der Waals surface area contributed by atoms with Crippen molar-refractivity contribution in [3.05, 3.63) is 29.6 Å². The number of ketones is 1. The molecule has 19 heavy (non-hydrogen) atoms. The molecule has 5 heteroatoms. The van der Waals surface area contributed by atoms with E-state index in [0.717, 1.165) is 18.9 Å². The van der Waals surface area contributed by atoms with E-state index < -0.39 is 5.82 Å². The minimum absolute atomic E-state index is 0.0611. The van der Waals surface area contributed by atoms with Gasteiger partial charge in [-0.05, 0) is 38.0 Å². The van der Waals surface area contributed by atoms with E-state index in [0.29, 0.717) is 11.8 Å². The van der Waals surface area contributed by atoms with E-state index in [-0.39, 0.29) is 30.3 Å². The van der Waals surface area contributed by atoms with Crippen LogP contribution in [-0.4, -0.2) is 24.3 Å². The zero-order chi connectivity index (χ0) is 13.8. The molecular weight excluding hydrogens is 249 g/mol. The van der Waals surface area contributed by atoms with Gasteiger partial charge in [0.25, 0.3) is 0 Å². The molecule has 1 N–H and O–H groups in total. The van der Waals surface area contributed by atoms with Gasteiger partial charge in [0.1, 0.15) is 11.6 Å². The van der Waals surface area contributed by atoms with E-state index in [1.165, 1.54) is 19.1 Å². The quantitative estimate of drug-likeness (QED) is 0.801. The van der Waals surface area contributed by atoms with Crippen LogP contribution in [0.1, 0.15) is 36.5 Å². The SMILES string of the molecule is CC(=O)c1cc(F)ccc1OCCC(=O)NC1CC1. The highest BCUT2D eigenvalue weighted by Crippen LogP contribution is 2.21. The van der Waals surface area contributed by atoms with Gasteiger partial charge in [-0.3, -0.25) is 9.59 Å². The summed E-state index contributed by atoms with van der Waals surface area (Å²) in [6.45, 7) is 1.52. The number of hydrogen-bond acceptors (Lipinski definition) is 3. The number of amides is 1. The zero-order valence-electron chi connectivity index (χ0n) is 10.7. The lowest BCUT2D eigenvalue weighted by Gasteiger charge is -2.10. The summed E-state index contributed by atoms with van der Waals surface area (Å²) < 4.78 is 18.4. The van der Waals surface area contributed by atoms with E-state index in [4.69, 9.17) is 4.74 Å². The molecule has 1 amide bonds. The Kier molecular flexibility index (Phi) is 4.14. The van der Waals surface area contributed by atoms with E-state index in [1.54, 1.807) is 0 Å². The normalized spacial score (nSPS) is 14.0. The Bertz CT molecular complexity index is 497. The highest BCUT2D eigenvalue weighted by Gasteiger charge is 2.22. The zero-order valence-corrected chi connectivity index (χ0v) is 10.7. The van der Waals surface area contributed by atoms with Gasteiger partial charge >= 0.3 is 0 Å². The van der Waals surface area contributed by atoms with Crippen LogP contribution in [0.4, 0.5) is 4.39 Å². The molecule has 1 saturated carbocycles. The van der Waals surface area contributed by atoms with Crippen molar-refractivity contribution in [3.8, 4) is 5.75 Å². The van der Waals surface area contributed by atoms with Crippen molar-refractivity contribution in [1.82, 2.24) is 5.32 Å². The summed E-state index contributed by atoms with van der Waals surface area (Å²) in [5.74, 6) is -0.497. The van der Waals surface area contributed by atoms with Gasteiger partial charge in [-0.25, -0.2) is 4.39 Å². The number of hydrogen-bond donors (Lipinski definition) is 1. The van der Waals surface area contributed by atoms with Crippen molar-refractivity contribution in [2.75, 3.05) is 6.61 Å². The van der Waals surface area contributed by atoms with Crippen molar-refractivity contribution in [2.24, 2.45) is 0 Å². The molecule has 0 heterocycles. The number of rotatable bonds is 6. The van der Waals surface area contributed by atoms with Crippen LogP contribution in [0.5, 0.6) is 5.75 Å². The molecular formula is C14H16FNO3. The van der Waals surface area contributed by atoms with Gasteiger partial charge in [0.15, 0.2) is 5.78 Å². The predicted molar refractivity (Wildman–Crippen MR) is 67.7 cm³/mol. The largest absolute Gasteiger partial charge is 0.492 e. The fourth-order valence-electron chi connectivity index (χ4n) is 1.68. The molecule has 102 valence electrons. The Hall–Kier alpha value is -1.91. The van der Waals surface area contributed by atoms with Crippen LogP contribution >= 0.6 is 0 Å². The van der Waals surface area contributed by atoms with Crippen molar-refractivity contribution in [2.45, 2.75) is 32.2 Å². The van der Waals surface area contributed by atoms with Crippen LogP contribution in [0.3, 0.4) is 0 Å². The third kappa shape index (κ3) is 4.05. The van der Waals surface area contributed by atoms with Gasteiger partial charge in [-0.2, -0.15) is 0 Å². The molecule has 1 aliphatic carbocycles. The smallest absolute Gasteiger partial charge is 0.223 e. The fourth-order valence-corrected chi connectivity index (χ4v) is 1.68. The van der Waals surface area contributed by atoms with E-state index in [2.05, 4.69) is 5.32 Å². The number of benzene rings is 1. The molecule has 0 unspecified atom stereocenters. The van der Waals surface area contributed by atoms with Crippen molar-refractivity contribution in [3.63, 3.8) is 0 Å². The minimum Gasteiger partial charge on any atom is -0.492 e. The lowest BCUT2D eigenvalue weighted by molar-refractivity contribution is -0.121. The van der Waals surface area contributed by atoms with Gasteiger partial charge in [0.2, 0.25) is 5.91 Å². The number of carbonyl (C=O) groups is 2. The predicted octanol–water partition coefficient (Wildman–Crippen LogP) is 2.08. The second-order valence-corrected chi connectivity index (χ2v) is 4.64. The molecule has 1 aromatic carbocycles. The Morgan fingerprint density at radius 3 is 2.79 bits per heavy atom. The second-order valence-electron chi connectivity index (χ2n) is 4.64. The minimum atomic E-state index is -0.482. The van der Waals surface area contributed by atoms with Gasteiger partial charge in [0.05, 0.1) is 18.6 Å². The Morgan fingerprint density at radius 2 is 2.16 bits per heavy atom. The highest BCUT2D eigenvalue weighted by atomic mass is 19.1. The highest BCUT2D eigenvalue weighted by molar-refractivity contribution is 5.96. The molecule has 1 aliphatic rings. The van der Waals surface area contributed by atoms with Crippen LogP contribution in [0.25, 0.3) is 0 Å². The van der Waals surface area contributed by atoms with Crippen LogP contribution in [0.15, 0.2) is 18.2 Å². The van der Waals surface area contributed by atoms with Gasteiger partial charge < -0.3 is 10.1 Å². The Labute approximate surface area is 110 Å². The Balaban J connectivity index is 1.87. The molecule has 0 saturated heterocycles. The van der Waals surface area contributed by atoms with Gasteiger partial charge in [-0.15, -0.1) is 0 Å². The maximum Gasteiger partial charge on any atom is 0.223 e. The second kappa shape index (κ2) is 5.82. The molecule has 4 nitrogen and oxygen atoms in total. The number of halogens is 1. The molecule has 0 aromatic heterocycles. The molecule has 0 bridgehead atoms. The first-order chi connectivity index (χ1) is 9.06. The number of ether oxygens (including phenoxy) is 1. The standard InChI is InChI=1S/C14H16FNO3/c1-9(17)12-8-10(15)2-5-13(12)19-7-6-14(18)16-11-3-4-11/h2,5,8,11H,3-4,6-7H2,1H3,(H,16,18). The molecule has 0 radical (unpaired) electrons. The van der Waals surface area contributed by atoms with Crippen molar-refractivity contribution < 1.29 is 18.7 Å². The summed E-state index contributed by atoms with van der Waals surface area (Å²) >= 11 is 0. The molecule has 1 aromatic rings. The third-order valence-electron chi connectivity index (χ3n) is 2.85. The maximum absolute atomic E-state index is 13.0. The van der Waals surface area contributed by atoms with Crippen LogP contribution in [-0.2, 0) is 4.79 Å². The summed E-state index contributed by atoms with van der Waals surface area (Å²) in [5, 5.41) is 2.84. The number of Topliss-reactive ketones (excluding diaryl/α,β-unsaturated/α-hetero) is 1. The first kappa shape index (κ1) is 13.5. The molecule has 0 atom stereocenters. The van der Waals surface area contributed by atoms with E-state index in [1.807, 2.05) is 0 Å². The first-order valence-electron chi connectivity index (χ1n) is 6.29. The lowest BCUT2D eigenvalue weighted by Crippen LogP contribution is -2.26. The Morgan fingerprint density at radius 1 is 1.42 bits per heavy atom. The summed E-state index contributed by atoms with van der Waals surface area (Å²) in [6.07, 6.45) is 2.31. The van der Waals surface area contributed by atoms with Crippen molar-refractivity contribution >= 4 is 11.7 Å². The molecule has 1 fully saturated rings. The van der Waals surface area contributed by atoms with E-state index >= 15 is 0 Å².